The van der Waals surface area contributed by atoms with Gasteiger partial charge < -0.3 is 0 Å². The topological polar surface area (TPSA) is 0 Å². The van der Waals surface area contributed by atoms with Crippen molar-refractivity contribution >= 4 is 19.0 Å². The molecule has 24 heavy (non-hydrogen) atoms. The maximum Gasteiger partial charge on any atom is 0.0171 e. The van der Waals surface area contributed by atoms with Gasteiger partial charge in [-0.3, -0.25) is 0 Å². The monoisotopic (exact) mass is 342 g/mol. The molecule has 132 valence electrons. The quantitative estimate of drug-likeness (QED) is 0.500. The fraction of sp³-hybridized carbons (Fsp3) is 0.652. The molecule has 0 atom stereocenters. The van der Waals surface area contributed by atoms with E-state index in [1.54, 1.807) is 0 Å². The van der Waals surface area contributed by atoms with Crippen molar-refractivity contribution in [2.24, 2.45) is 0 Å². The SMILES string of the molecule is CC(C)(C)c1cc(C(C)(C)C)c(P=C=C2CCC2)c(C(C)(C)C)c1. The van der Waals surface area contributed by atoms with Crippen molar-refractivity contribution in [2.75, 3.05) is 0 Å². The third-order valence-electron chi connectivity index (χ3n) is 4.87. The molecule has 0 spiro atoms. The van der Waals surface area contributed by atoms with Crippen LogP contribution in [0, 0.1) is 0 Å². The molecule has 1 aromatic rings. The first kappa shape index (κ1) is 19.5. The van der Waals surface area contributed by atoms with Gasteiger partial charge in [-0.05, 0) is 66.0 Å². The minimum Gasteiger partial charge on any atom is -0.0894 e. The van der Waals surface area contributed by atoms with Crippen LogP contribution in [0.15, 0.2) is 17.7 Å². The molecule has 2 rings (SSSR count). The molecule has 0 amide bonds. The lowest BCUT2D eigenvalue weighted by atomic mass is 9.75. The Balaban J connectivity index is 2.80. The average molecular weight is 343 g/mol. The smallest absolute Gasteiger partial charge is 0.0171 e. The molecule has 0 unspecified atom stereocenters. The number of rotatable bonds is 1. The van der Waals surface area contributed by atoms with Crippen LogP contribution in [0.1, 0.15) is 98.3 Å². The van der Waals surface area contributed by atoms with Gasteiger partial charge in [-0.25, -0.2) is 0 Å². The van der Waals surface area contributed by atoms with Crippen LogP contribution in [0.4, 0.5) is 0 Å². The predicted molar refractivity (Wildman–Crippen MR) is 111 cm³/mol. The number of hydrogen-bond acceptors (Lipinski definition) is 0. The zero-order valence-electron chi connectivity index (χ0n) is 17.2. The molecule has 1 heteroatoms. The first-order valence-electron chi connectivity index (χ1n) is 9.31. The van der Waals surface area contributed by atoms with Crippen LogP contribution < -0.4 is 5.30 Å². The Bertz CT molecular complexity index is 637. The zero-order chi connectivity index (χ0) is 18.3. The molecule has 1 aliphatic carbocycles. The number of allylic oxidation sites excluding steroid dienone is 1. The minimum absolute atomic E-state index is 0.148. The molecule has 1 saturated carbocycles. The van der Waals surface area contributed by atoms with Crippen molar-refractivity contribution in [1.29, 1.82) is 0 Å². The number of hydrogen-bond donors (Lipinski definition) is 0. The normalized spacial score (nSPS) is 16.1. The third kappa shape index (κ3) is 4.41. The van der Waals surface area contributed by atoms with E-state index < -0.39 is 0 Å². The van der Waals surface area contributed by atoms with Crippen LogP contribution in [0.3, 0.4) is 0 Å². The molecule has 0 bridgehead atoms. The van der Waals surface area contributed by atoms with E-state index >= 15 is 0 Å². The third-order valence-corrected chi connectivity index (χ3v) is 6.01. The molecule has 0 saturated heterocycles. The number of benzene rings is 1. The summed E-state index contributed by atoms with van der Waals surface area (Å²) in [4.78, 5) is 0. The van der Waals surface area contributed by atoms with Crippen molar-refractivity contribution in [1.82, 2.24) is 0 Å². The molecule has 0 aliphatic heterocycles. The average Bonchev–Trinajstić information content (AvgIpc) is 2.32. The fourth-order valence-corrected chi connectivity index (χ4v) is 4.47. The summed E-state index contributed by atoms with van der Waals surface area (Å²) < 4.78 is 0. The summed E-state index contributed by atoms with van der Waals surface area (Å²) in [6, 6.07) is 4.93. The lowest BCUT2D eigenvalue weighted by molar-refractivity contribution is 0.554. The minimum atomic E-state index is 0.148. The molecule has 1 fully saturated rings. The second-order valence-electron chi connectivity index (χ2n) is 10.4. The van der Waals surface area contributed by atoms with Crippen LogP contribution in [-0.4, -0.2) is 5.45 Å². The summed E-state index contributed by atoms with van der Waals surface area (Å²) >= 11 is 0. The van der Waals surface area contributed by atoms with Crippen molar-refractivity contribution in [3.63, 3.8) is 0 Å². The largest absolute Gasteiger partial charge is 0.0894 e. The second-order valence-corrected chi connectivity index (χ2v) is 11.2. The molecule has 0 radical (unpaired) electrons. The van der Waals surface area contributed by atoms with Gasteiger partial charge in [0.15, 0.2) is 0 Å². The van der Waals surface area contributed by atoms with Crippen LogP contribution in [-0.2, 0) is 16.2 Å². The molecule has 1 aromatic carbocycles. The van der Waals surface area contributed by atoms with Gasteiger partial charge in [-0.2, -0.15) is 0 Å². The molecule has 0 N–H and O–H groups in total. The van der Waals surface area contributed by atoms with E-state index in [-0.39, 0.29) is 16.2 Å². The maximum absolute atomic E-state index is 3.71. The highest BCUT2D eigenvalue weighted by Gasteiger charge is 2.28. The van der Waals surface area contributed by atoms with Gasteiger partial charge in [-0.1, -0.05) is 79.9 Å². The Hall–Kier alpha value is -0.830. The summed E-state index contributed by atoms with van der Waals surface area (Å²) in [5.41, 5.74) is 10.1. The van der Waals surface area contributed by atoms with E-state index in [1.807, 2.05) is 0 Å². The van der Waals surface area contributed by atoms with E-state index in [0.717, 1.165) is 0 Å². The molecule has 0 aromatic heterocycles. The maximum atomic E-state index is 3.71. The first-order valence-corrected chi connectivity index (χ1v) is 10.2. The predicted octanol–water partition coefficient (Wildman–Crippen LogP) is 6.66. The van der Waals surface area contributed by atoms with Crippen LogP contribution in [0.2, 0.25) is 0 Å². The van der Waals surface area contributed by atoms with Gasteiger partial charge >= 0.3 is 0 Å². The Morgan fingerprint density at radius 1 is 0.750 bits per heavy atom. The lowest BCUT2D eigenvalue weighted by Crippen LogP contribution is -2.29. The zero-order valence-corrected chi connectivity index (χ0v) is 18.1. The van der Waals surface area contributed by atoms with E-state index in [0.29, 0.717) is 0 Å². The van der Waals surface area contributed by atoms with E-state index in [4.69, 9.17) is 0 Å². The summed E-state index contributed by atoms with van der Waals surface area (Å²) in [5.74, 6) is 0. The van der Waals surface area contributed by atoms with Crippen LogP contribution in [0.5, 0.6) is 0 Å². The highest BCUT2D eigenvalue weighted by atomic mass is 31.1. The lowest BCUT2D eigenvalue weighted by Gasteiger charge is -2.32. The van der Waals surface area contributed by atoms with Gasteiger partial charge in [0.05, 0.1) is 0 Å². The fourth-order valence-electron chi connectivity index (χ4n) is 2.93. The Kier molecular flexibility index (Phi) is 5.26. The first-order chi connectivity index (χ1) is 10.8. The Labute approximate surface area is 151 Å². The van der Waals surface area contributed by atoms with Gasteiger partial charge in [-0.15, -0.1) is 0 Å². The van der Waals surface area contributed by atoms with Gasteiger partial charge in [0.1, 0.15) is 0 Å². The van der Waals surface area contributed by atoms with E-state index in [1.165, 1.54) is 55.0 Å². The van der Waals surface area contributed by atoms with Gasteiger partial charge in [0.25, 0.3) is 0 Å². The second kappa shape index (κ2) is 6.48. The van der Waals surface area contributed by atoms with Crippen LogP contribution >= 0.6 is 8.20 Å². The summed E-state index contributed by atoms with van der Waals surface area (Å²) in [6.45, 7) is 21.0. The van der Waals surface area contributed by atoms with Crippen molar-refractivity contribution in [3.8, 4) is 0 Å². The van der Waals surface area contributed by atoms with Crippen molar-refractivity contribution in [3.05, 3.63) is 34.4 Å². The highest BCUT2D eigenvalue weighted by molar-refractivity contribution is 7.47. The summed E-state index contributed by atoms with van der Waals surface area (Å²) in [7, 11) is 1.26. The molecule has 0 heterocycles. The summed E-state index contributed by atoms with van der Waals surface area (Å²) in [6.07, 6.45) is 3.85. The molecular weight excluding hydrogens is 307 g/mol. The van der Waals surface area contributed by atoms with E-state index in [2.05, 4.69) is 79.9 Å². The van der Waals surface area contributed by atoms with Gasteiger partial charge in [0, 0.05) is 5.30 Å². The molecular formula is C23H35P. The highest BCUT2D eigenvalue weighted by Crippen LogP contribution is 2.35. The Morgan fingerprint density at radius 2 is 1.21 bits per heavy atom. The van der Waals surface area contributed by atoms with Crippen molar-refractivity contribution in [2.45, 2.75) is 97.8 Å². The Morgan fingerprint density at radius 3 is 1.50 bits per heavy atom. The van der Waals surface area contributed by atoms with E-state index in [9.17, 15) is 0 Å². The summed E-state index contributed by atoms with van der Waals surface area (Å²) in [5, 5.41) is 1.49. The van der Waals surface area contributed by atoms with Gasteiger partial charge in [0.2, 0.25) is 0 Å². The standard InChI is InChI=1S/C23H35P/c1-21(2,3)17-13-18(22(4,5)6)20(19(14-17)23(7,8)9)24-15-16-11-10-12-16/h13-14H,10-12H2,1-9H3. The van der Waals surface area contributed by atoms with Crippen LogP contribution in [0.25, 0.3) is 0 Å². The molecule has 0 nitrogen and oxygen atoms in total. The van der Waals surface area contributed by atoms with Crippen molar-refractivity contribution < 1.29 is 0 Å². The molecule has 1 aliphatic rings.